The van der Waals surface area contributed by atoms with Crippen LogP contribution in [0.4, 0.5) is 0 Å². The smallest absolute Gasteiger partial charge is 0.00671 e. The summed E-state index contributed by atoms with van der Waals surface area (Å²) >= 11 is 0. The first kappa shape index (κ1) is 11.7. The van der Waals surface area contributed by atoms with Gasteiger partial charge in [0, 0.05) is 0 Å². The zero-order valence-corrected chi connectivity index (χ0v) is 10.7. The van der Waals surface area contributed by atoms with Gasteiger partial charge < -0.3 is 0 Å². The molecule has 0 aliphatic heterocycles. The van der Waals surface area contributed by atoms with Crippen LogP contribution in [0, 0.1) is 6.08 Å². The molecule has 0 N–H and O–H groups in total. The van der Waals surface area contributed by atoms with E-state index in [-0.39, 0.29) is 0 Å². The van der Waals surface area contributed by atoms with Gasteiger partial charge in [-0.2, -0.15) is 0 Å². The van der Waals surface area contributed by atoms with E-state index in [2.05, 4.69) is 54.7 Å². The van der Waals surface area contributed by atoms with E-state index in [9.17, 15) is 0 Å². The van der Waals surface area contributed by atoms with Gasteiger partial charge in [0.1, 0.15) is 0 Å². The first-order valence-electron chi connectivity index (χ1n) is 6.54. The maximum Gasteiger partial charge on any atom is -0.00671 e. The van der Waals surface area contributed by atoms with E-state index in [1.54, 1.807) is 0 Å². The minimum absolute atomic E-state index is 0.999. The molecule has 0 aromatic heterocycles. The third-order valence-electron chi connectivity index (χ3n) is 3.25. The standard InChI is InChI=1S/C19H15/c1-2-4-6-8-12-18-16(10-7-5-3-1)14-15-17-11-9-13-19(17)18/h1-10,12,14-15H,11H2/b2-1+,3-1?,4-2?,5-3-,6-4-,7-5?,8-6?,10-7+,12-8-,16-10?,18-12?. The number of hydrogen-bond acceptors (Lipinski definition) is 0. The summed E-state index contributed by atoms with van der Waals surface area (Å²) < 4.78 is 0. The molecule has 19 heavy (non-hydrogen) atoms. The van der Waals surface area contributed by atoms with Crippen molar-refractivity contribution in [2.24, 2.45) is 0 Å². The Morgan fingerprint density at radius 3 is 2.21 bits per heavy atom. The molecule has 0 saturated carbocycles. The summed E-state index contributed by atoms with van der Waals surface area (Å²) in [5, 5.41) is 0. The number of allylic oxidation sites excluding steroid dienone is 9. The van der Waals surface area contributed by atoms with Gasteiger partial charge in [0.05, 0.1) is 0 Å². The lowest BCUT2D eigenvalue weighted by Gasteiger charge is -2.07. The molecule has 1 aromatic carbocycles. The Kier molecular flexibility index (Phi) is 3.42. The summed E-state index contributed by atoms with van der Waals surface area (Å²) in [4.78, 5) is 0. The van der Waals surface area contributed by atoms with Crippen LogP contribution in [0.2, 0.25) is 0 Å². The topological polar surface area (TPSA) is 0 Å². The molecule has 1 radical (unpaired) electrons. The number of fused-ring (bicyclic) bond motifs is 3. The van der Waals surface area contributed by atoms with Gasteiger partial charge in [-0.3, -0.25) is 0 Å². The lowest BCUT2D eigenvalue weighted by Crippen LogP contribution is -1.90. The summed E-state index contributed by atoms with van der Waals surface area (Å²) in [6.07, 6.45) is 27.2. The number of benzene rings is 1. The minimum atomic E-state index is 0.999. The van der Waals surface area contributed by atoms with Crippen molar-refractivity contribution in [2.75, 3.05) is 0 Å². The second-order valence-electron chi connectivity index (χ2n) is 4.53. The van der Waals surface area contributed by atoms with Crippen LogP contribution in [0.3, 0.4) is 0 Å². The number of rotatable bonds is 0. The van der Waals surface area contributed by atoms with Gasteiger partial charge in [-0.1, -0.05) is 79.0 Å². The zero-order valence-electron chi connectivity index (χ0n) is 10.7. The first-order valence-corrected chi connectivity index (χ1v) is 6.54. The van der Waals surface area contributed by atoms with Crippen molar-refractivity contribution in [3.05, 3.63) is 95.1 Å². The summed E-state index contributed by atoms with van der Waals surface area (Å²) in [5.74, 6) is 0. The van der Waals surface area contributed by atoms with Gasteiger partial charge in [-0.25, -0.2) is 0 Å². The molecule has 1 aromatic rings. The van der Waals surface area contributed by atoms with Crippen LogP contribution < -0.4 is 0 Å². The van der Waals surface area contributed by atoms with Crippen molar-refractivity contribution in [1.29, 1.82) is 0 Å². The predicted molar refractivity (Wildman–Crippen MR) is 82.5 cm³/mol. The van der Waals surface area contributed by atoms with Crippen molar-refractivity contribution < 1.29 is 0 Å². The molecule has 0 saturated heterocycles. The van der Waals surface area contributed by atoms with E-state index >= 15 is 0 Å². The van der Waals surface area contributed by atoms with Crippen LogP contribution in [0.5, 0.6) is 0 Å². The van der Waals surface area contributed by atoms with E-state index in [1.165, 1.54) is 22.3 Å². The van der Waals surface area contributed by atoms with Crippen LogP contribution in [0.25, 0.3) is 12.2 Å². The molecule has 0 heterocycles. The zero-order chi connectivity index (χ0) is 12.9. The van der Waals surface area contributed by atoms with Crippen LogP contribution in [-0.2, 0) is 6.42 Å². The molecule has 0 amide bonds. The lowest BCUT2D eigenvalue weighted by atomic mass is 9.96. The van der Waals surface area contributed by atoms with E-state index in [0.29, 0.717) is 0 Å². The van der Waals surface area contributed by atoms with Crippen molar-refractivity contribution in [3.63, 3.8) is 0 Å². The van der Waals surface area contributed by atoms with Crippen LogP contribution in [0.1, 0.15) is 22.3 Å². The van der Waals surface area contributed by atoms with Gasteiger partial charge in [0.15, 0.2) is 0 Å². The van der Waals surface area contributed by atoms with Crippen molar-refractivity contribution in [2.45, 2.75) is 6.42 Å². The van der Waals surface area contributed by atoms with Gasteiger partial charge in [-0.05, 0) is 34.8 Å². The Morgan fingerprint density at radius 1 is 0.737 bits per heavy atom. The summed E-state index contributed by atoms with van der Waals surface area (Å²) in [6, 6.07) is 4.39. The molecule has 0 fully saturated rings. The van der Waals surface area contributed by atoms with Gasteiger partial charge >= 0.3 is 0 Å². The molecule has 2 aliphatic carbocycles. The van der Waals surface area contributed by atoms with Gasteiger partial charge in [-0.15, -0.1) is 0 Å². The van der Waals surface area contributed by atoms with Crippen molar-refractivity contribution >= 4 is 12.2 Å². The number of hydrogen-bond donors (Lipinski definition) is 0. The van der Waals surface area contributed by atoms with E-state index in [4.69, 9.17) is 0 Å². The van der Waals surface area contributed by atoms with Crippen LogP contribution in [0.15, 0.2) is 66.8 Å². The molecular formula is C19H15. The fraction of sp³-hybridized carbons (Fsp3) is 0.0526. The predicted octanol–water partition coefficient (Wildman–Crippen LogP) is 4.66. The van der Waals surface area contributed by atoms with E-state index in [1.807, 2.05) is 30.4 Å². The molecule has 0 nitrogen and oxygen atoms in total. The highest BCUT2D eigenvalue weighted by Crippen LogP contribution is 2.27. The van der Waals surface area contributed by atoms with Crippen molar-refractivity contribution in [3.8, 4) is 0 Å². The maximum absolute atomic E-state index is 3.37. The highest BCUT2D eigenvalue weighted by atomic mass is 14.1. The molecule has 2 aliphatic rings. The summed E-state index contributed by atoms with van der Waals surface area (Å²) in [7, 11) is 0. The SMILES string of the molecule is [C]1=CCc2ccc3c(c21)\C=C/C=C\C=C\C=C/C=C/3. The molecule has 0 spiro atoms. The quantitative estimate of drug-likeness (QED) is 0.621. The van der Waals surface area contributed by atoms with Crippen molar-refractivity contribution in [1.82, 2.24) is 0 Å². The summed E-state index contributed by atoms with van der Waals surface area (Å²) in [6.45, 7) is 0. The van der Waals surface area contributed by atoms with Crippen LogP contribution >= 0.6 is 0 Å². The third-order valence-corrected chi connectivity index (χ3v) is 3.25. The maximum atomic E-state index is 3.37. The highest BCUT2D eigenvalue weighted by Gasteiger charge is 2.11. The fourth-order valence-electron chi connectivity index (χ4n) is 2.31. The Hall–Kier alpha value is -2.34. The first-order chi connectivity index (χ1) is 9.45. The van der Waals surface area contributed by atoms with E-state index < -0.39 is 0 Å². The van der Waals surface area contributed by atoms with Gasteiger partial charge in [0.25, 0.3) is 0 Å². The normalized spacial score (nSPS) is 24.4. The monoisotopic (exact) mass is 243 g/mol. The molecule has 0 heteroatoms. The van der Waals surface area contributed by atoms with E-state index in [0.717, 1.165) is 6.42 Å². The Balaban J connectivity index is 2.12. The molecule has 3 rings (SSSR count). The molecule has 0 unspecified atom stereocenters. The second kappa shape index (κ2) is 5.53. The Bertz CT molecular complexity index is 647. The van der Waals surface area contributed by atoms with Crippen LogP contribution in [-0.4, -0.2) is 0 Å². The fourth-order valence-corrected chi connectivity index (χ4v) is 2.31. The molecule has 0 bridgehead atoms. The second-order valence-corrected chi connectivity index (χ2v) is 4.53. The van der Waals surface area contributed by atoms with Gasteiger partial charge in [0.2, 0.25) is 0 Å². The average Bonchev–Trinajstić information content (AvgIpc) is 2.88. The Labute approximate surface area is 114 Å². The third kappa shape index (κ3) is 2.58. The Morgan fingerprint density at radius 2 is 1.42 bits per heavy atom. The largest absolute Gasteiger partial charge is 0.0716 e. The molecule has 0 atom stereocenters. The lowest BCUT2D eigenvalue weighted by molar-refractivity contribution is 1.30. The molecule has 91 valence electrons. The average molecular weight is 243 g/mol. The summed E-state index contributed by atoms with van der Waals surface area (Å²) in [5.41, 5.74) is 5.09. The molecular weight excluding hydrogens is 228 g/mol. The highest BCUT2D eigenvalue weighted by molar-refractivity contribution is 5.72. The minimum Gasteiger partial charge on any atom is -0.0716 e.